The van der Waals surface area contributed by atoms with Crippen LogP contribution in [0.5, 0.6) is 0 Å². The van der Waals surface area contributed by atoms with Crippen LogP contribution in [0.3, 0.4) is 0 Å². The molecule has 2 saturated carbocycles. The SMILES string of the molecule is CC(NCC1CC2CCC1C2)c1ccc(C(=O)O)o1. The maximum atomic E-state index is 10.8. The Hall–Kier alpha value is -1.29. The molecule has 0 aliphatic heterocycles. The highest BCUT2D eigenvalue weighted by molar-refractivity contribution is 5.84. The maximum Gasteiger partial charge on any atom is 0.371 e. The lowest BCUT2D eigenvalue weighted by Crippen LogP contribution is -2.28. The molecule has 0 amide bonds. The lowest BCUT2D eigenvalue weighted by molar-refractivity contribution is 0.0659. The van der Waals surface area contributed by atoms with E-state index in [0.717, 1.165) is 24.3 Å². The summed E-state index contributed by atoms with van der Waals surface area (Å²) in [5, 5.41) is 12.3. The Kier molecular flexibility index (Phi) is 3.35. The van der Waals surface area contributed by atoms with Gasteiger partial charge in [-0.05, 0) is 62.6 Å². The highest BCUT2D eigenvalue weighted by Gasteiger charge is 2.39. The molecule has 19 heavy (non-hydrogen) atoms. The van der Waals surface area contributed by atoms with Crippen LogP contribution in [0.1, 0.15) is 55.0 Å². The van der Waals surface area contributed by atoms with Crippen molar-refractivity contribution in [2.75, 3.05) is 6.54 Å². The van der Waals surface area contributed by atoms with Crippen molar-refractivity contribution in [3.63, 3.8) is 0 Å². The fourth-order valence-corrected chi connectivity index (χ4v) is 3.76. The van der Waals surface area contributed by atoms with Gasteiger partial charge in [-0.15, -0.1) is 0 Å². The number of carboxylic acid groups (broad SMARTS) is 1. The molecular formula is C15H21NO3. The van der Waals surface area contributed by atoms with Gasteiger partial charge in [0.05, 0.1) is 6.04 Å². The molecule has 1 aromatic heterocycles. The molecule has 2 fully saturated rings. The predicted octanol–water partition coefficient (Wildman–Crippen LogP) is 3.06. The molecule has 2 bridgehead atoms. The number of hydrogen-bond donors (Lipinski definition) is 2. The first-order valence-corrected chi connectivity index (χ1v) is 7.20. The van der Waals surface area contributed by atoms with Gasteiger partial charge in [-0.3, -0.25) is 0 Å². The summed E-state index contributed by atoms with van der Waals surface area (Å²) >= 11 is 0. The van der Waals surface area contributed by atoms with E-state index in [9.17, 15) is 4.79 Å². The maximum absolute atomic E-state index is 10.8. The highest BCUT2D eigenvalue weighted by Crippen LogP contribution is 2.48. The van der Waals surface area contributed by atoms with E-state index in [1.54, 1.807) is 6.07 Å². The van der Waals surface area contributed by atoms with Crippen LogP contribution in [0, 0.1) is 17.8 Å². The largest absolute Gasteiger partial charge is 0.475 e. The molecule has 4 nitrogen and oxygen atoms in total. The average molecular weight is 263 g/mol. The number of fused-ring (bicyclic) bond motifs is 2. The fourth-order valence-electron chi connectivity index (χ4n) is 3.76. The van der Waals surface area contributed by atoms with Crippen LogP contribution in [-0.2, 0) is 0 Å². The Balaban J connectivity index is 1.53. The first-order chi connectivity index (χ1) is 9.13. The molecule has 1 heterocycles. The summed E-state index contributed by atoms with van der Waals surface area (Å²) in [7, 11) is 0. The molecule has 104 valence electrons. The van der Waals surface area contributed by atoms with Crippen LogP contribution in [0.15, 0.2) is 16.5 Å². The summed E-state index contributed by atoms with van der Waals surface area (Å²) in [5.74, 6) is 2.40. The van der Waals surface area contributed by atoms with Crippen LogP contribution in [-0.4, -0.2) is 17.6 Å². The lowest BCUT2D eigenvalue weighted by Gasteiger charge is -2.23. The summed E-state index contributed by atoms with van der Waals surface area (Å²) in [5.41, 5.74) is 0. The van der Waals surface area contributed by atoms with Gasteiger partial charge in [-0.1, -0.05) is 6.42 Å². The molecule has 1 aromatic rings. The van der Waals surface area contributed by atoms with E-state index >= 15 is 0 Å². The average Bonchev–Trinajstić information content (AvgIpc) is 3.10. The number of rotatable bonds is 5. The van der Waals surface area contributed by atoms with Crippen molar-refractivity contribution in [3.8, 4) is 0 Å². The Morgan fingerprint density at radius 1 is 1.47 bits per heavy atom. The van der Waals surface area contributed by atoms with Gasteiger partial charge in [0.2, 0.25) is 5.76 Å². The second-order valence-corrected chi connectivity index (χ2v) is 6.07. The van der Waals surface area contributed by atoms with Crippen LogP contribution in [0.4, 0.5) is 0 Å². The van der Waals surface area contributed by atoms with Crippen LogP contribution >= 0.6 is 0 Å². The van der Waals surface area contributed by atoms with Gasteiger partial charge in [0, 0.05) is 0 Å². The summed E-state index contributed by atoms with van der Waals surface area (Å²) in [6.45, 7) is 3.04. The van der Waals surface area contributed by atoms with E-state index < -0.39 is 5.97 Å². The minimum atomic E-state index is -1.01. The van der Waals surface area contributed by atoms with Crippen molar-refractivity contribution in [1.29, 1.82) is 0 Å². The monoisotopic (exact) mass is 263 g/mol. The first-order valence-electron chi connectivity index (χ1n) is 7.20. The second-order valence-electron chi connectivity index (χ2n) is 6.07. The molecule has 2 aliphatic rings. The zero-order valence-electron chi connectivity index (χ0n) is 11.3. The number of hydrogen-bond acceptors (Lipinski definition) is 3. The summed E-state index contributed by atoms with van der Waals surface area (Å²) in [4.78, 5) is 10.8. The number of furan rings is 1. The van der Waals surface area contributed by atoms with Crippen molar-refractivity contribution in [2.24, 2.45) is 17.8 Å². The first kappa shape index (κ1) is 12.7. The molecule has 0 saturated heterocycles. The third kappa shape index (κ3) is 2.54. The molecular weight excluding hydrogens is 242 g/mol. The second kappa shape index (κ2) is 5.00. The molecule has 0 radical (unpaired) electrons. The van der Waals surface area contributed by atoms with E-state index in [2.05, 4.69) is 5.32 Å². The number of carboxylic acids is 1. The van der Waals surface area contributed by atoms with E-state index in [4.69, 9.17) is 9.52 Å². The van der Waals surface area contributed by atoms with E-state index in [1.165, 1.54) is 31.7 Å². The molecule has 4 unspecified atom stereocenters. The normalized spacial score (nSPS) is 30.7. The van der Waals surface area contributed by atoms with Gasteiger partial charge < -0.3 is 14.8 Å². The van der Waals surface area contributed by atoms with Gasteiger partial charge in [0.15, 0.2) is 0 Å². The minimum absolute atomic E-state index is 0.0172. The van der Waals surface area contributed by atoms with Gasteiger partial charge >= 0.3 is 5.97 Å². The van der Waals surface area contributed by atoms with E-state index in [-0.39, 0.29) is 11.8 Å². The van der Waals surface area contributed by atoms with E-state index in [0.29, 0.717) is 5.76 Å². The standard InChI is InChI=1S/C15H21NO3/c1-9(13-4-5-14(19-13)15(17)18)16-8-12-7-10-2-3-11(12)6-10/h4-5,9-12,16H,2-3,6-8H2,1H3,(H,17,18). The number of aromatic carboxylic acids is 1. The Morgan fingerprint density at radius 2 is 2.32 bits per heavy atom. The summed E-state index contributed by atoms with van der Waals surface area (Å²) in [6, 6.07) is 3.35. The lowest BCUT2D eigenvalue weighted by atomic mass is 9.88. The zero-order chi connectivity index (χ0) is 13.4. The topological polar surface area (TPSA) is 62.5 Å². The van der Waals surface area contributed by atoms with Crippen molar-refractivity contribution >= 4 is 5.97 Å². The minimum Gasteiger partial charge on any atom is -0.475 e. The number of carbonyl (C=O) groups is 1. The fraction of sp³-hybridized carbons (Fsp3) is 0.667. The van der Waals surface area contributed by atoms with E-state index in [1.807, 2.05) is 6.92 Å². The third-order valence-electron chi connectivity index (χ3n) is 4.84. The number of nitrogens with one attached hydrogen (secondary N) is 1. The smallest absolute Gasteiger partial charge is 0.371 e. The van der Waals surface area contributed by atoms with Crippen molar-refractivity contribution in [1.82, 2.24) is 5.32 Å². The molecule has 3 rings (SSSR count). The molecule has 4 atom stereocenters. The Bertz CT molecular complexity index is 468. The zero-order valence-corrected chi connectivity index (χ0v) is 11.3. The summed E-state index contributed by atoms with van der Waals surface area (Å²) < 4.78 is 5.32. The van der Waals surface area contributed by atoms with Gasteiger partial charge in [-0.25, -0.2) is 4.79 Å². The molecule has 4 heteroatoms. The molecule has 2 aliphatic carbocycles. The van der Waals surface area contributed by atoms with Gasteiger partial charge in [-0.2, -0.15) is 0 Å². The van der Waals surface area contributed by atoms with Gasteiger partial charge in [0.1, 0.15) is 5.76 Å². The quantitative estimate of drug-likeness (QED) is 0.857. The molecule has 0 aromatic carbocycles. The third-order valence-corrected chi connectivity index (χ3v) is 4.84. The summed E-state index contributed by atoms with van der Waals surface area (Å²) in [6.07, 6.45) is 5.61. The highest BCUT2D eigenvalue weighted by atomic mass is 16.4. The Labute approximate surface area is 113 Å². The van der Waals surface area contributed by atoms with Crippen LogP contribution in [0.25, 0.3) is 0 Å². The van der Waals surface area contributed by atoms with Crippen molar-refractivity contribution in [2.45, 2.75) is 38.6 Å². The van der Waals surface area contributed by atoms with Crippen molar-refractivity contribution in [3.05, 3.63) is 23.7 Å². The molecule has 2 N–H and O–H groups in total. The van der Waals surface area contributed by atoms with Crippen molar-refractivity contribution < 1.29 is 14.3 Å². The van der Waals surface area contributed by atoms with Crippen LogP contribution < -0.4 is 5.32 Å². The van der Waals surface area contributed by atoms with Crippen LogP contribution in [0.2, 0.25) is 0 Å². The Morgan fingerprint density at radius 3 is 2.89 bits per heavy atom. The predicted molar refractivity (Wildman–Crippen MR) is 71.0 cm³/mol. The molecule has 0 spiro atoms. The van der Waals surface area contributed by atoms with Gasteiger partial charge in [0.25, 0.3) is 0 Å².